The summed E-state index contributed by atoms with van der Waals surface area (Å²) in [5.74, 6) is -3.76. The summed E-state index contributed by atoms with van der Waals surface area (Å²) >= 11 is 0. The second-order valence-corrected chi connectivity index (χ2v) is 14.7. The third-order valence-electron chi connectivity index (χ3n) is 9.10. The summed E-state index contributed by atoms with van der Waals surface area (Å²) in [6.45, 7) is 9.33. The van der Waals surface area contributed by atoms with Crippen molar-refractivity contribution < 1.29 is 202 Å². The van der Waals surface area contributed by atoms with E-state index in [0.29, 0.717) is 0 Å². The van der Waals surface area contributed by atoms with Crippen LogP contribution in [0.5, 0.6) is 0 Å². The van der Waals surface area contributed by atoms with E-state index in [2.05, 4.69) is 12.2 Å². The molecule has 15 atom stereocenters. The van der Waals surface area contributed by atoms with Crippen molar-refractivity contribution in [1.29, 1.82) is 0 Å². The first kappa shape index (κ1) is 73.0. The van der Waals surface area contributed by atoms with Crippen LogP contribution in [0.25, 0.3) is 11.5 Å². The number of rotatable bonds is 17. The Morgan fingerprint density at radius 3 is 1.03 bits per heavy atom. The molecule has 27 heteroatoms. The van der Waals surface area contributed by atoms with Crippen molar-refractivity contribution in [1.82, 2.24) is 5.32 Å². The quantitative estimate of drug-likeness (QED) is 0.0607. The van der Waals surface area contributed by atoms with Crippen molar-refractivity contribution >= 4 is 17.6 Å². The van der Waals surface area contributed by atoms with Gasteiger partial charge in [0, 0.05) is 128 Å². The van der Waals surface area contributed by atoms with Gasteiger partial charge in [0.25, 0.3) is 0 Å². The van der Waals surface area contributed by atoms with E-state index in [1.807, 2.05) is 13.8 Å². The molecule has 3 fully saturated rings. The first-order chi connectivity index (χ1) is 27.4. The van der Waals surface area contributed by atoms with Crippen LogP contribution in [0.4, 0.5) is 0 Å². The van der Waals surface area contributed by atoms with Crippen molar-refractivity contribution in [2.75, 3.05) is 59.5 Å². The van der Waals surface area contributed by atoms with E-state index in [9.17, 15) is 45.0 Å². The summed E-state index contributed by atoms with van der Waals surface area (Å²) < 4.78 is 30.1. The maximum absolute atomic E-state index is 10.9. The molecule has 63 heavy (non-hydrogen) atoms. The standard InChI is InChI=1S/C14H26N3O6.3C7H14O5.CH4.3Y/c1-10(2)17-14(7-21-4-11(3)18,8-22-5-12(15)19)9-23-6-13(16)20;3*1-3-5(9)6(10)4(2-8)12-7(3)11;;;;/h10,17H,3-9H2,1-2H3,(H4,15,16,19,20);3*3-11H,2H2,1H3;1H4;;;/q-1;;;;;;;/p-2/t;3*3?,4?,5-,6+,7-;;;;/m.111..../s1. The van der Waals surface area contributed by atoms with Crippen LogP contribution in [0.2, 0.25) is 0 Å². The largest absolute Gasteiger partial charge is 0.666 e. The summed E-state index contributed by atoms with van der Waals surface area (Å²) in [7, 11) is 0. The van der Waals surface area contributed by atoms with E-state index in [0.717, 1.165) is 0 Å². The molecule has 3 heterocycles. The molecule has 3 aliphatic heterocycles. The Labute approximate surface area is 444 Å². The molecule has 367 valence electrons. The van der Waals surface area contributed by atoms with Crippen molar-refractivity contribution in [3.63, 3.8) is 0 Å². The van der Waals surface area contributed by atoms with Gasteiger partial charge in [0.1, 0.15) is 36.6 Å². The number of carbonyl (C=O) groups excluding carboxylic acids is 3. The van der Waals surface area contributed by atoms with Gasteiger partial charge in [-0.15, -0.1) is 0 Å². The predicted octanol–water partition coefficient (Wildman–Crippen LogP) is -4.88. The van der Waals surface area contributed by atoms with Crippen molar-refractivity contribution in [2.45, 2.75) is 127 Å². The molecule has 3 rings (SSSR count). The molecule has 6 unspecified atom stereocenters. The Balaban J connectivity index is -0.000000243. The number of aliphatic hydroxyl groups excluding tert-OH is 12. The first-order valence-corrected chi connectivity index (χ1v) is 18.7. The first-order valence-electron chi connectivity index (χ1n) is 18.7. The van der Waals surface area contributed by atoms with Crippen molar-refractivity contribution in [3.8, 4) is 0 Å². The molecule has 3 aliphatic rings. The van der Waals surface area contributed by atoms with Gasteiger partial charge in [-0.05, 0) is 0 Å². The number of aliphatic hydroxyl groups is 12. The van der Waals surface area contributed by atoms with E-state index >= 15 is 0 Å². The van der Waals surface area contributed by atoms with Gasteiger partial charge in [0.15, 0.2) is 18.9 Å². The molecular weight excluding hydrogens is 1080 g/mol. The monoisotopic (exact) mass is 1150 g/mol. The molecule has 0 bridgehead atoms. The zero-order chi connectivity index (χ0) is 45.8. The van der Waals surface area contributed by atoms with Crippen LogP contribution in [0.1, 0.15) is 42.0 Å². The van der Waals surface area contributed by atoms with Gasteiger partial charge in [-0.25, -0.2) is 0 Å². The summed E-state index contributed by atoms with van der Waals surface area (Å²) in [5, 5.41) is 112. The fourth-order valence-corrected chi connectivity index (χ4v) is 5.60. The number of Topliss-reactive ketones (excluding diaryl/α,β-unsaturated/α-hetero) is 1. The van der Waals surface area contributed by atoms with Crippen molar-refractivity contribution in [2.24, 2.45) is 17.8 Å². The molecule has 3 saturated heterocycles. The normalized spacial score (nSPS) is 32.4. The van der Waals surface area contributed by atoms with Gasteiger partial charge in [-0.3, -0.25) is 0 Å². The van der Waals surface area contributed by atoms with Crippen LogP contribution in [-0.4, -0.2) is 224 Å². The molecule has 2 amide bonds. The van der Waals surface area contributed by atoms with Crippen LogP contribution >= 0.6 is 0 Å². The fourth-order valence-electron chi connectivity index (χ4n) is 5.60. The number of carbonyl (C=O) groups is 3. The number of nitrogens with one attached hydrogen (secondary N) is 3. The van der Waals surface area contributed by atoms with Crippen LogP contribution in [-0.2, 0) is 141 Å². The SMILES string of the molecule is C.CC1[C@H](O)OC(CO)[C@H](O)[C@@H]1O.CC1[C@H](O)OC(CO)[C@H](O)[C@@H]1O.CC1[C@H](O)OC(CO)[C@H](O)[C@@H]1O.[CH2-]C(=O)COCC(COCC([NH-])=O)(COCC([NH-])=O)NC(C)C.[Y].[Y].[Y]. The minimum atomic E-state index is -1.13. The van der Waals surface area contributed by atoms with E-state index < -0.39 is 148 Å². The molecule has 0 aromatic rings. The average Bonchev–Trinajstić information content (AvgIpc) is 3.16. The van der Waals surface area contributed by atoms with Gasteiger partial charge < -0.3 is 128 Å². The maximum atomic E-state index is 10.9. The Hall–Kier alpha value is 1.03. The summed E-state index contributed by atoms with van der Waals surface area (Å²) in [5.41, 5.74) is 12.8. The van der Waals surface area contributed by atoms with Crippen molar-refractivity contribution in [3.05, 3.63) is 18.4 Å². The second kappa shape index (κ2) is 37.9. The van der Waals surface area contributed by atoms with Gasteiger partial charge in [0.05, 0.1) is 95.1 Å². The Bertz CT molecular complexity index is 1060. The summed E-state index contributed by atoms with van der Waals surface area (Å²) in [4.78, 5) is 32.3. The zero-order valence-electron chi connectivity index (χ0n) is 35.6. The van der Waals surface area contributed by atoms with Gasteiger partial charge in [-0.1, -0.05) is 42.0 Å². The molecule has 3 radical (unpaired) electrons. The molecule has 0 saturated carbocycles. The minimum Gasteiger partial charge on any atom is -0.666 e. The van der Waals surface area contributed by atoms with Crippen LogP contribution in [0.15, 0.2) is 0 Å². The summed E-state index contributed by atoms with van der Waals surface area (Å²) in [6, 6.07) is -0.0142. The Morgan fingerprint density at radius 1 is 0.571 bits per heavy atom. The Morgan fingerprint density at radius 2 is 0.825 bits per heavy atom. The minimum absolute atomic E-state index is 0. The molecule has 0 spiro atoms. The molecule has 24 nitrogen and oxygen atoms in total. The van der Waals surface area contributed by atoms with Crippen LogP contribution in [0.3, 0.4) is 0 Å². The predicted molar refractivity (Wildman–Crippen MR) is 207 cm³/mol. The summed E-state index contributed by atoms with van der Waals surface area (Å²) in [6.07, 6.45) is -12.6. The van der Waals surface area contributed by atoms with Gasteiger partial charge in [0.2, 0.25) is 0 Å². The average molecular weight is 1150 g/mol. The van der Waals surface area contributed by atoms with E-state index in [4.69, 9.17) is 70.5 Å². The van der Waals surface area contributed by atoms with Crippen LogP contribution in [0, 0.1) is 24.7 Å². The third-order valence-corrected chi connectivity index (χ3v) is 9.10. The Kier molecular flexibility index (Phi) is 43.9. The third kappa shape index (κ3) is 27.1. The smallest absolute Gasteiger partial charge is 0.160 e. The number of hydrogen-bond acceptors (Lipinski definition) is 22. The fraction of sp³-hybridized carbons (Fsp3) is 0.889. The van der Waals surface area contributed by atoms with Gasteiger partial charge >= 0.3 is 0 Å². The van der Waals surface area contributed by atoms with Gasteiger partial charge in [-0.2, -0.15) is 0 Å². The number of ether oxygens (including phenoxy) is 6. The molecule has 0 aromatic heterocycles. The van der Waals surface area contributed by atoms with E-state index in [1.54, 1.807) is 20.8 Å². The zero-order valence-corrected chi connectivity index (χ0v) is 44.1. The van der Waals surface area contributed by atoms with E-state index in [-0.39, 0.29) is 138 Å². The molecular formula is C36H70N3O21Y3-3. The number of amides is 2. The number of hydrogen-bond donors (Lipinski definition) is 13. The maximum Gasteiger partial charge on any atom is 0.160 e. The molecule has 0 aliphatic carbocycles. The second-order valence-electron chi connectivity index (χ2n) is 14.7. The van der Waals surface area contributed by atoms with Crippen LogP contribution < -0.4 is 5.32 Å². The topological polar surface area (TPSA) is 409 Å². The molecule has 0 aromatic carbocycles. The van der Waals surface area contributed by atoms with E-state index in [1.165, 1.54) is 0 Å². The number of ketones is 1. The molecule has 15 N–H and O–H groups in total.